The van der Waals surface area contributed by atoms with Crippen LogP contribution in [0.1, 0.15) is 31.2 Å². The van der Waals surface area contributed by atoms with Crippen LogP contribution in [0.5, 0.6) is 0 Å². The average molecular weight is 373 g/mol. The molecule has 1 aliphatic rings. The lowest BCUT2D eigenvalue weighted by molar-refractivity contribution is 0.0988. The summed E-state index contributed by atoms with van der Waals surface area (Å²) in [5.41, 5.74) is 1.85. The van der Waals surface area contributed by atoms with Gasteiger partial charge in [0.2, 0.25) is 5.95 Å². The number of aromatic amines is 1. The van der Waals surface area contributed by atoms with E-state index in [2.05, 4.69) is 37.3 Å². The maximum atomic E-state index is 12.1. The second-order valence-electron chi connectivity index (χ2n) is 6.70. The number of aryl methyl sites for hydroxylation is 2. The molecular weight excluding hydrogens is 346 g/mol. The number of nitrogens with zero attached hydrogens (tertiary/aromatic N) is 5. The molecule has 2 N–H and O–H groups in total. The van der Waals surface area contributed by atoms with Gasteiger partial charge in [-0.2, -0.15) is 10.1 Å². The van der Waals surface area contributed by atoms with Gasteiger partial charge in [-0.05, 0) is 20.3 Å². The van der Waals surface area contributed by atoms with Gasteiger partial charge in [-0.15, -0.1) is 0 Å². The zero-order chi connectivity index (χ0) is 19.2. The van der Waals surface area contributed by atoms with Crippen molar-refractivity contribution in [1.82, 2.24) is 25.1 Å². The number of carbonyl (C=O) groups excluding carboxylic acids is 1. The Hall–Kier alpha value is -2.84. The van der Waals surface area contributed by atoms with Crippen LogP contribution in [0.2, 0.25) is 0 Å². The Morgan fingerprint density at radius 1 is 1.19 bits per heavy atom. The summed E-state index contributed by atoms with van der Waals surface area (Å²) in [6, 6.07) is 3.80. The summed E-state index contributed by atoms with van der Waals surface area (Å²) < 4.78 is 5.29. The first kappa shape index (κ1) is 18.9. The number of H-pyrrole nitrogens is 1. The van der Waals surface area contributed by atoms with E-state index in [-0.39, 0.29) is 6.09 Å². The van der Waals surface area contributed by atoms with Gasteiger partial charge < -0.3 is 19.9 Å². The molecule has 1 amide bonds. The van der Waals surface area contributed by atoms with Crippen LogP contribution >= 0.6 is 0 Å². The number of piperazine rings is 1. The summed E-state index contributed by atoms with van der Waals surface area (Å²) in [5.74, 6) is 2.07. The fraction of sp³-hybridized carbons (Fsp3) is 0.556. The Bertz CT molecular complexity index is 769. The largest absolute Gasteiger partial charge is 0.449 e. The number of rotatable bonds is 6. The molecule has 3 rings (SSSR count). The lowest BCUT2D eigenvalue weighted by Gasteiger charge is -2.34. The van der Waals surface area contributed by atoms with Crippen molar-refractivity contribution >= 4 is 23.7 Å². The number of hydrogen-bond acceptors (Lipinski definition) is 7. The minimum atomic E-state index is -0.232. The van der Waals surface area contributed by atoms with Crippen molar-refractivity contribution < 1.29 is 9.53 Å². The van der Waals surface area contributed by atoms with E-state index < -0.39 is 0 Å². The van der Waals surface area contributed by atoms with Crippen molar-refractivity contribution in [3.05, 3.63) is 23.5 Å². The van der Waals surface area contributed by atoms with Crippen LogP contribution in [0.25, 0.3) is 0 Å². The van der Waals surface area contributed by atoms with Crippen molar-refractivity contribution in [2.24, 2.45) is 0 Å². The van der Waals surface area contributed by atoms with Gasteiger partial charge in [0.25, 0.3) is 0 Å². The Kier molecular flexibility index (Phi) is 6.10. The standard InChI is InChI=1S/C18H27N7O2/c1-4-5-10-27-18(26)25-8-6-24(7-9-25)17-19-13(2)11-15(21-17)20-16-12-14(3)22-23-16/h11-12H,4-10H2,1-3H3,(H2,19,20,21,22,23). The first-order chi connectivity index (χ1) is 13.0. The second kappa shape index (κ2) is 8.70. The van der Waals surface area contributed by atoms with Crippen molar-refractivity contribution in [1.29, 1.82) is 0 Å². The highest BCUT2D eigenvalue weighted by atomic mass is 16.6. The molecule has 0 atom stereocenters. The van der Waals surface area contributed by atoms with E-state index in [4.69, 9.17) is 4.74 Å². The maximum absolute atomic E-state index is 12.1. The third-order valence-corrected chi connectivity index (χ3v) is 4.35. The van der Waals surface area contributed by atoms with Crippen LogP contribution in [0.15, 0.2) is 12.1 Å². The van der Waals surface area contributed by atoms with Crippen LogP contribution in [-0.4, -0.2) is 63.9 Å². The quantitative estimate of drug-likeness (QED) is 0.751. The van der Waals surface area contributed by atoms with Crippen molar-refractivity contribution in [3.8, 4) is 0 Å². The first-order valence-corrected chi connectivity index (χ1v) is 9.36. The summed E-state index contributed by atoms with van der Waals surface area (Å²) in [7, 11) is 0. The highest BCUT2D eigenvalue weighted by Gasteiger charge is 2.24. The van der Waals surface area contributed by atoms with E-state index in [1.807, 2.05) is 26.0 Å². The fourth-order valence-corrected chi connectivity index (χ4v) is 2.86. The van der Waals surface area contributed by atoms with E-state index in [0.717, 1.165) is 30.0 Å². The molecular formula is C18H27N7O2. The van der Waals surface area contributed by atoms with Crippen molar-refractivity contribution in [2.45, 2.75) is 33.6 Å². The Labute approximate surface area is 159 Å². The summed E-state index contributed by atoms with van der Waals surface area (Å²) >= 11 is 0. The molecule has 9 nitrogen and oxygen atoms in total. The summed E-state index contributed by atoms with van der Waals surface area (Å²) in [4.78, 5) is 25.0. The second-order valence-corrected chi connectivity index (χ2v) is 6.70. The normalized spacial score (nSPS) is 14.3. The molecule has 0 saturated carbocycles. The third-order valence-electron chi connectivity index (χ3n) is 4.35. The third kappa shape index (κ3) is 5.08. The van der Waals surface area contributed by atoms with Crippen LogP contribution in [0, 0.1) is 13.8 Å². The molecule has 0 unspecified atom stereocenters. The van der Waals surface area contributed by atoms with E-state index in [1.54, 1.807) is 4.90 Å². The monoisotopic (exact) mass is 373 g/mol. The zero-order valence-electron chi connectivity index (χ0n) is 16.2. The number of nitrogens with one attached hydrogen (secondary N) is 2. The Balaban J connectivity index is 1.60. The molecule has 1 fully saturated rings. The predicted octanol–water partition coefficient (Wildman–Crippen LogP) is 2.62. The minimum Gasteiger partial charge on any atom is -0.449 e. The van der Waals surface area contributed by atoms with Gasteiger partial charge in [-0.3, -0.25) is 5.10 Å². The van der Waals surface area contributed by atoms with Crippen molar-refractivity contribution in [2.75, 3.05) is 43.0 Å². The van der Waals surface area contributed by atoms with Gasteiger partial charge in [0.05, 0.1) is 6.61 Å². The highest BCUT2D eigenvalue weighted by molar-refractivity contribution is 5.68. The SMILES string of the molecule is CCCCOC(=O)N1CCN(c2nc(C)cc(Nc3cc(C)[nH]n3)n2)CC1. The number of hydrogen-bond donors (Lipinski definition) is 2. The van der Waals surface area contributed by atoms with Gasteiger partial charge in [0.1, 0.15) is 5.82 Å². The first-order valence-electron chi connectivity index (χ1n) is 9.36. The molecule has 1 aliphatic heterocycles. The van der Waals surface area contributed by atoms with Gasteiger partial charge in [-0.1, -0.05) is 13.3 Å². The van der Waals surface area contributed by atoms with Crippen LogP contribution in [0.3, 0.4) is 0 Å². The number of unbranched alkanes of at least 4 members (excludes halogenated alkanes) is 1. The molecule has 27 heavy (non-hydrogen) atoms. The lowest BCUT2D eigenvalue weighted by Crippen LogP contribution is -2.49. The molecule has 2 aromatic heterocycles. The molecule has 0 radical (unpaired) electrons. The average Bonchev–Trinajstić information content (AvgIpc) is 3.06. The molecule has 9 heteroatoms. The summed E-state index contributed by atoms with van der Waals surface area (Å²) in [5, 5.41) is 10.3. The summed E-state index contributed by atoms with van der Waals surface area (Å²) in [6.07, 6.45) is 1.68. The van der Waals surface area contributed by atoms with Crippen molar-refractivity contribution in [3.63, 3.8) is 0 Å². The van der Waals surface area contributed by atoms with Gasteiger partial charge in [0.15, 0.2) is 5.82 Å². The maximum Gasteiger partial charge on any atom is 0.409 e. The number of carbonyl (C=O) groups is 1. The number of aromatic nitrogens is 4. The molecule has 0 aromatic carbocycles. The van der Waals surface area contributed by atoms with Gasteiger partial charge in [0, 0.05) is 49.7 Å². The molecule has 2 aromatic rings. The molecule has 0 bridgehead atoms. The zero-order valence-corrected chi connectivity index (χ0v) is 16.2. The smallest absolute Gasteiger partial charge is 0.409 e. The molecule has 0 aliphatic carbocycles. The van der Waals surface area contributed by atoms with Crippen LogP contribution in [0.4, 0.5) is 22.4 Å². The minimum absolute atomic E-state index is 0.232. The van der Waals surface area contributed by atoms with E-state index in [0.29, 0.717) is 44.6 Å². The fourth-order valence-electron chi connectivity index (χ4n) is 2.86. The van der Waals surface area contributed by atoms with E-state index in [1.165, 1.54) is 0 Å². The highest BCUT2D eigenvalue weighted by Crippen LogP contribution is 2.19. The van der Waals surface area contributed by atoms with E-state index in [9.17, 15) is 4.79 Å². The molecule has 1 saturated heterocycles. The topological polar surface area (TPSA) is 99.3 Å². The number of ether oxygens (including phenoxy) is 1. The van der Waals surface area contributed by atoms with Crippen LogP contribution in [-0.2, 0) is 4.74 Å². The Morgan fingerprint density at radius 2 is 1.96 bits per heavy atom. The molecule has 0 spiro atoms. The van der Waals surface area contributed by atoms with E-state index >= 15 is 0 Å². The lowest BCUT2D eigenvalue weighted by atomic mass is 10.3. The molecule has 146 valence electrons. The molecule has 3 heterocycles. The van der Waals surface area contributed by atoms with Crippen LogP contribution < -0.4 is 10.2 Å². The summed E-state index contributed by atoms with van der Waals surface area (Å²) in [6.45, 7) is 8.99. The van der Waals surface area contributed by atoms with Gasteiger partial charge in [-0.25, -0.2) is 9.78 Å². The van der Waals surface area contributed by atoms with Gasteiger partial charge >= 0.3 is 6.09 Å². The number of anilines is 3. The number of amides is 1. The predicted molar refractivity (Wildman–Crippen MR) is 103 cm³/mol. The Morgan fingerprint density at radius 3 is 2.63 bits per heavy atom.